The average Bonchev–Trinajstić information content (AvgIpc) is 2.68. The molecule has 2 aliphatic rings. The number of ether oxygens (including phenoxy) is 2. The van der Waals surface area contributed by atoms with Crippen molar-refractivity contribution in [2.45, 2.75) is 31.5 Å². The third-order valence-corrected chi connectivity index (χ3v) is 6.21. The topological polar surface area (TPSA) is 45.2 Å². The standard InChI is InChI=1S/C20H32N2O3S/c1-21(18-5-11-26-12-6-18)14-17-3-2-4-20(13-17)25-16-19(23)15-22-7-9-24-10-8-22/h2-4,13,18-19,23H,5-12,14-16H2,1H3. The second-order valence-corrected chi connectivity index (χ2v) is 8.51. The molecular weight excluding hydrogens is 348 g/mol. The van der Waals surface area contributed by atoms with Crippen LogP contribution in [0, 0.1) is 0 Å². The first-order valence-corrected chi connectivity index (χ1v) is 10.8. The lowest BCUT2D eigenvalue weighted by atomic mass is 10.1. The van der Waals surface area contributed by atoms with Gasteiger partial charge in [0, 0.05) is 32.2 Å². The van der Waals surface area contributed by atoms with E-state index in [-0.39, 0.29) is 0 Å². The predicted molar refractivity (Wildman–Crippen MR) is 107 cm³/mol. The predicted octanol–water partition coefficient (Wildman–Crippen LogP) is 2.09. The molecule has 0 radical (unpaired) electrons. The van der Waals surface area contributed by atoms with Gasteiger partial charge in [0.05, 0.1) is 13.2 Å². The van der Waals surface area contributed by atoms with Gasteiger partial charge in [-0.15, -0.1) is 0 Å². The number of aliphatic hydroxyl groups is 1. The van der Waals surface area contributed by atoms with Gasteiger partial charge in [0.25, 0.3) is 0 Å². The Balaban J connectivity index is 1.44. The summed E-state index contributed by atoms with van der Waals surface area (Å²) in [5.74, 6) is 3.40. The van der Waals surface area contributed by atoms with E-state index in [9.17, 15) is 5.11 Å². The molecule has 2 fully saturated rings. The number of nitrogens with zero attached hydrogens (tertiary/aromatic N) is 2. The zero-order chi connectivity index (χ0) is 18.2. The molecule has 1 aromatic rings. The summed E-state index contributed by atoms with van der Waals surface area (Å²) in [5.41, 5.74) is 1.27. The number of hydrogen-bond donors (Lipinski definition) is 1. The van der Waals surface area contributed by atoms with Crippen molar-refractivity contribution in [2.75, 3.05) is 58.0 Å². The summed E-state index contributed by atoms with van der Waals surface area (Å²) >= 11 is 2.07. The fraction of sp³-hybridized carbons (Fsp3) is 0.700. The molecule has 2 heterocycles. The quantitative estimate of drug-likeness (QED) is 0.745. The summed E-state index contributed by atoms with van der Waals surface area (Å²) in [6.07, 6.45) is 2.09. The first-order chi connectivity index (χ1) is 12.7. The summed E-state index contributed by atoms with van der Waals surface area (Å²) in [7, 11) is 2.22. The summed E-state index contributed by atoms with van der Waals surface area (Å²) < 4.78 is 11.2. The minimum absolute atomic E-state index is 0.330. The van der Waals surface area contributed by atoms with E-state index >= 15 is 0 Å². The van der Waals surface area contributed by atoms with Crippen LogP contribution in [0.15, 0.2) is 24.3 Å². The van der Waals surface area contributed by atoms with E-state index in [4.69, 9.17) is 9.47 Å². The Morgan fingerprint density at radius 2 is 2.08 bits per heavy atom. The Labute approximate surface area is 161 Å². The van der Waals surface area contributed by atoms with Gasteiger partial charge < -0.3 is 14.6 Å². The number of β-amino-alcohol motifs (C(OH)–C–C–N with tert-alkyl or cyclic N) is 1. The minimum atomic E-state index is -0.473. The molecule has 2 saturated heterocycles. The van der Waals surface area contributed by atoms with E-state index in [0.717, 1.165) is 38.6 Å². The Bertz CT molecular complexity index is 534. The lowest BCUT2D eigenvalue weighted by molar-refractivity contribution is 0.00464. The summed E-state index contributed by atoms with van der Waals surface area (Å²) in [4.78, 5) is 4.69. The Kier molecular flexibility index (Phi) is 8.08. The summed E-state index contributed by atoms with van der Waals surface area (Å²) in [6, 6.07) is 8.98. The van der Waals surface area contributed by atoms with E-state index in [1.54, 1.807) is 0 Å². The molecule has 6 heteroatoms. The van der Waals surface area contributed by atoms with Crippen LogP contribution in [0.4, 0.5) is 0 Å². The van der Waals surface area contributed by atoms with E-state index in [0.29, 0.717) is 19.2 Å². The maximum Gasteiger partial charge on any atom is 0.119 e. The maximum absolute atomic E-state index is 10.2. The highest BCUT2D eigenvalue weighted by atomic mass is 32.2. The molecule has 1 unspecified atom stereocenters. The van der Waals surface area contributed by atoms with Crippen LogP contribution in [0.2, 0.25) is 0 Å². The zero-order valence-corrected chi connectivity index (χ0v) is 16.6. The van der Waals surface area contributed by atoms with Gasteiger partial charge in [-0.1, -0.05) is 12.1 Å². The van der Waals surface area contributed by atoms with Crippen LogP contribution in [-0.2, 0) is 11.3 Å². The van der Waals surface area contributed by atoms with Gasteiger partial charge >= 0.3 is 0 Å². The van der Waals surface area contributed by atoms with Gasteiger partial charge in [0.15, 0.2) is 0 Å². The van der Waals surface area contributed by atoms with E-state index in [2.05, 4.69) is 40.7 Å². The molecule has 0 bridgehead atoms. The highest BCUT2D eigenvalue weighted by molar-refractivity contribution is 7.99. The van der Waals surface area contributed by atoms with Crippen LogP contribution in [0.5, 0.6) is 5.75 Å². The van der Waals surface area contributed by atoms with Crippen molar-refractivity contribution in [3.63, 3.8) is 0 Å². The van der Waals surface area contributed by atoms with Crippen molar-refractivity contribution in [3.8, 4) is 5.75 Å². The maximum atomic E-state index is 10.2. The van der Waals surface area contributed by atoms with Crippen LogP contribution >= 0.6 is 11.8 Å². The van der Waals surface area contributed by atoms with E-state index in [1.807, 2.05) is 12.1 Å². The van der Waals surface area contributed by atoms with Crippen LogP contribution in [-0.4, -0.2) is 85.1 Å². The third-order valence-electron chi connectivity index (χ3n) is 5.16. The lowest BCUT2D eigenvalue weighted by Crippen LogP contribution is -2.42. The fourth-order valence-corrected chi connectivity index (χ4v) is 4.69. The molecule has 5 nitrogen and oxygen atoms in total. The lowest BCUT2D eigenvalue weighted by Gasteiger charge is -2.31. The Hall–Kier alpha value is -0.790. The second-order valence-electron chi connectivity index (χ2n) is 7.28. The van der Waals surface area contributed by atoms with E-state index in [1.165, 1.54) is 29.9 Å². The van der Waals surface area contributed by atoms with Crippen LogP contribution in [0.25, 0.3) is 0 Å². The van der Waals surface area contributed by atoms with Crippen LogP contribution < -0.4 is 4.74 Å². The highest BCUT2D eigenvalue weighted by Crippen LogP contribution is 2.23. The number of thioether (sulfide) groups is 1. The summed E-state index contributed by atoms with van der Waals surface area (Å²) in [5, 5.41) is 10.2. The normalized spacial score (nSPS) is 21.0. The van der Waals surface area contributed by atoms with Crippen molar-refractivity contribution >= 4 is 11.8 Å². The van der Waals surface area contributed by atoms with Crippen LogP contribution in [0.3, 0.4) is 0 Å². The monoisotopic (exact) mass is 380 g/mol. The average molecular weight is 381 g/mol. The number of aliphatic hydroxyl groups excluding tert-OH is 1. The second kappa shape index (κ2) is 10.5. The molecule has 1 aromatic carbocycles. The van der Waals surface area contributed by atoms with Gasteiger partial charge in [-0.2, -0.15) is 11.8 Å². The number of rotatable bonds is 8. The SMILES string of the molecule is CN(Cc1cccc(OCC(O)CN2CCOCC2)c1)C1CCSCC1. The molecule has 0 amide bonds. The molecule has 2 aliphatic heterocycles. The van der Waals surface area contributed by atoms with Gasteiger partial charge in [0.1, 0.15) is 18.5 Å². The van der Waals surface area contributed by atoms with Crippen molar-refractivity contribution < 1.29 is 14.6 Å². The van der Waals surface area contributed by atoms with Gasteiger partial charge in [-0.3, -0.25) is 9.80 Å². The minimum Gasteiger partial charge on any atom is -0.491 e. The smallest absolute Gasteiger partial charge is 0.119 e. The molecule has 0 saturated carbocycles. The first-order valence-electron chi connectivity index (χ1n) is 9.68. The Morgan fingerprint density at radius 1 is 1.31 bits per heavy atom. The van der Waals surface area contributed by atoms with Crippen molar-refractivity contribution in [1.29, 1.82) is 0 Å². The van der Waals surface area contributed by atoms with Gasteiger partial charge in [0.2, 0.25) is 0 Å². The van der Waals surface area contributed by atoms with Crippen molar-refractivity contribution in [1.82, 2.24) is 9.80 Å². The number of hydrogen-bond acceptors (Lipinski definition) is 6. The third kappa shape index (κ3) is 6.43. The molecular formula is C20H32N2O3S. The van der Waals surface area contributed by atoms with Crippen molar-refractivity contribution in [2.24, 2.45) is 0 Å². The number of benzene rings is 1. The first kappa shape index (κ1) is 20.0. The molecule has 1 N–H and O–H groups in total. The zero-order valence-electron chi connectivity index (χ0n) is 15.8. The number of morpholine rings is 1. The molecule has 3 rings (SSSR count). The molecule has 0 aliphatic carbocycles. The molecule has 1 atom stereocenters. The van der Waals surface area contributed by atoms with Gasteiger partial charge in [-0.25, -0.2) is 0 Å². The fourth-order valence-electron chi connectivity index (χ4n) is 3.60. The van der Waals surface area contributed by atoms with E-state index < -0.39 is 6.10 Å². The highest BCUT2D eigenvalue weighted by Gasteiger charge is 2.18. The molecule has 0 aromatic heterocycles. The Morgan fingerprint density at radius 3 is 2.85 bits per heavy atom. The summed E-state index contributed by atoms with van der Waals surface area (Å²) in [6.45, 7) is 5.20. The molecule has 146 valence electrons. The molecule has 26 heavy (non-hydrogen) atoms. The van der Waals surface area contributed by atoms with Gasteiger partial charge in [-0.05, 0) is 49.1 Å². The molecule has 0 spiro atoms. The van der Waals surface area contributed by atoms with Crippen molar-refractivity contribution in [3.05, 3.63) is 29.8 Å². The largest absolute Gasteiger partial charge is 0.491 e. The van der Waals surface area contributed by atoms with Crippen LogP contribution in [0.1, 0.15) is 18.4 Å².